The molecule has 322 valence electrons. The highest BCUT2D eigenvalue weighted by Crippen LogP contribution is 2.53. The molecule has 0 radical (unpaired) electrons. The van der Waals surface area contributed by atoms with E-state index in [1.54, 1.807) is 11.0 Å². The molecule has 1 N–H and O–H groups in total. The average molecular weight is 856 g/mol. The Hall–Kier alpha value is -4.62. The summed E-state index contributed by atoms with van der Waals surface area (Å²) in [6.07, 6.45) is 10.6. The van der Waals surface area contributed by atoms with Gasteiger partial charge in [-0.2, -0.15) is 4.98 Å². The second-order valence-corrected chi connectivity index (χ2v) is 20.0. The molecule has 0 bridgehead atoms. The Morgan fingerprint density at radius 2 is 1.63 bits per heavy atom. The van der Waals surface area contributed by atoms with Crippen LogP contribution >= 0.6 is 11.6 Å². The maximum absolute atomic E-state index is 13.4. The lowest BCUT2D eigenvalue weighted by atomic mass is 9.69. The van der Waals surface area contributed by atoms with Gasteiger partial charge in [-0.25, -0.2) is 0 Å². The molecule has 4 saturated heterocycles. The number of imide groups is 1. The smallest absolute Gasteiger partial charge is 0.282 e. The van der Waals surface area contributed by atoms with Crippen LogP contribution < -0.4 is 15.6 Å². The second kappa shape index (κ2) is 14.7. The first-order valence-corrected chi connectivity index (χ1v) is 23.6. The van der Waals surface area contributed by atoms with Crippen molar-refractivity contribution in [1.29, 1.82) is 0 Å². The Balaban J connectivity index is 0.642. The topological polar surface area (TPSA) is 120 Å². The number of rotatable bonds is 6. The minimum atomic E-state index is -0.622. The zero-order valence-electron chi connectivity index (χ0n) is 35.3. The van der Waals surface area contributed by atoms with Crippen molar-refractivity contribution in [2.75, 3.05) is 59.0 Å². The first kappa shape index (κ1) is 39.0. The van der Waals surface area contributed by atoms with Crippen LogP contribution in [-0.4, -0.2) is 118 Å². The minimum Gasteiger partial charge on any atom is -0.492 e. The summed E-state index contributed by atoms with van der Waals surface area (Å²) in [5.74, 6) is 1.48. The van der Waals surface area contributed by atoms with Crippen LogP contribution in [0.3, 0.4) is 0 Å². The fourth-order valence-corrected chi connectivity index (χ4v) is 13.1. The van der Waals surface area contributed by atoms with Crippen molar-refractivity contribution in [2.24, 2.45) is 0 Å². The number of carbonyl (C=O) groups is 3. The van der Waals surface area contributed by atoms with E-state index < -0.39 is 6.04 Å². The van der Waals surface area contributed by atoms with Gasteiger partial charge in [0.2, 0.25) is 11.8 Å². The van der Waals surface area contributed by atoms with Gasteiger partial charge >= 0.3 is 0 Å². The molecule has 1 atom stereocenters. The first-order valence-electron chi connectivity index (χ1n) is 23.2. The van der Waals surface area contributed by atoms with E-state index in [1.165, 1.54) is 41.6 Å². The van der Waals surface area contributed by atoms with E-state index in [0.717, 1.165) is 114 Å². The number of aromatic nitrogens is 2. The fraction of sp³-hybridized carbons (Fsp3) is 0.531. The molecule has 12 rings (SSSR count). The summed E-state index contributed by atoms with van der Waals surface area (Å²) in [5, 5.41) is 3.39. The van der Waals surface area contributed by atoms with Gasteiger partial charge in [-0.15, -0.1) is 0 Å². The number of benzene rings is 3. The summed E-state index contributed by atoms with van der Waals surface area (Å²) in [6, 6.07) is 17.0. The van der Waals surface area contributed by atoms with Crippen LogP contribution in [0.4, 0.5) is 0 Å². The van der Waals surface area contributed by atoms with Crippen LogP contribution in [0.15, 0.2) is 53.3 Å². The molecule has 12 nitrogen and oxygen atoms in total. The Kier molecular flexibility index (Phi) is 9.26. The van der Waals surface area contributed by atoms with E-state index in [4.69, 9.17) is 21.3 Å². The van der Waals surface area contributed by atoms with Crippen molar-refractivity contribution >= 4 is 40.2 Å². The normalized spacial score (nSPS) is 24.9. The van der Waals surface area contributed by atoms with Crippen LogP contribution in [0.25, 0.3) is 16.6 Å². The highest BCUT2D eigenvalue weighted by molar-refractivity contribution is 6.35. The molecule has 1 saturated carbocycles. The first-order chi connectivity index (χ1) is 30.2. The van der Waals surface area contributed by atoms with E-state index in [2.05, 4.69) is 48.8 Å². The van der Waals surface area contributed by atoms with Crippen LogP contribution in [0.5, 0.6) is 5.75 Å². The number of nitrogens with zero attached hydrogens (tertiary/aromatic N) is 6. The molecule has 4 aromatic rings. The molecule has 1 aliphatic carbocycles. The van der Waals surface area contributed by atoms with Crippen molar-refractivity contribution in [3.63, 3.8) is 0 Å². The van der Waals surface area contributed by atoms with E-state index in [0.29, 0.717) is 47.5 Å². The van der Waals surface area contributed by atoms with E-state index in [1.807, 2.05) is 18.2 Å². The van der Waals surface area contributed by atoms with Gasteiger partial charge in [0, 0.05) is 60.7 Å². The minimum absolute atomic E-state index is 0.0381. The third kappa shape index (κ3) is 5.99. The molecular weight excluding hydrogens is 802 g/mol. The lowest BCUT2D eigenvalue weighted by Crippen LogP contribution is -2.61. The molecule has 1 aromatic heterocycles. The largest absolute Gasteiger partial charge is 0.492 e. The van der Waals surface area contributed by atoms with Crippen LogP contribution in [-0.2, 0) is 27.0 Å². The molecule has 3 amide bonds. The zero-order chi connectivity index (χ0) is 41.9. The van der Waals surface area contributed by atoms with Gasteiger partial charge in [-0.05, 0) is 112 Å². The third-order valence-corrected chi connectivity index (χ3v) is 16.8. The Labute approximate surface area is 366 Å². The van der Waals surface area contributed by atoms with Crippen molar-refractivity contribution < 1.29 is 19.1 Å². The summed E-state index contributed by atoms with van der Waals surface area (Å²) < 4.78 is 8.67. The molecule has 8 aliphatic rings. The highest BCUT2D eigenvalue weighted by atomic mass is 35.5. The lowest BCUT2D eigenvalue weighted by molar-refractivity contribution is -0.136. The fourth-order valence-electron chi connectivity index (χ4n) is 12.9. The van der Waals surface area contributed by atoms with Crippen molar-refractivity contribution in [2.45, 2.75) is 106 Å². The van der Waals surface area contributed by atoms with Crippen LogP contribution in [0, 0.1) is 0 Å². The van der Waals surface area contributed by atoms with Gasteiger partial charge < -0.3 is 14.5 Å². The predicted molar refractivity (Wildman–Crippen MR) is 235 cm³/mol. The number of likely N-dealkylation sites (tertiary alicyclic amines) is 3. The van der Waals surface area contributed by atoms with Gasteiger partial charge in [-0.3, -0.25) is 38.9 Å². The summed E-state index contributed by atoms with van der Waals surface area (Å²) >= 11 is 6.58. The van der Waals surface area contributed by atoms with Crippen LogP contribution in [0.2, 0.25) is 5.02 Å². The maximum atomic E-state index is 13.4. The third-order valence-electron chi connectivity index (χ3n) is 16.5. The van der Waals surface area contributed by atoms with Gasteiger partial charge in [0.25, 0.3) is 11.5 Å². The maximum Gasteiger partial charge on any atom is 0.282 e. The SMILES string of the molecule is O=C1CC[C@H](N2Cc3c(ccc4c3OCC43CCN(CCN4CC(N5CCC(c6ccc7c(c6)C6(CCCCC6)c6nc(=O)c8c(Cl)cccc8n6-7)CC5)C4)CC3)C2=O)C(=O)N1. The summed E-state index contributed by atoms with van der Waals surface area (Å²) in [4.78, 5) is 65.5. The Morgan fingerprint density at radius 1 is 0.839 bits per heavy atom. The molecule has 3 aromatic carbocycles. The molecule has 5 fully saturated rings. The monoisotopic (exact) mass is 855 g/mol. The van der Waals surface area contributed by atoms with Gasteiger partial charge in [-0.1, -0.05) is 55.1 Å². The number of amides is 3. The van der Waals surface area contributed by atoms with Crippen molar-refractivity contribution in [3.05, 3.63) is 97.5 Å². The zero-order valence-corrected chi connectivity index (χ0v) is 36.1. The quantitative estimate of drug-likeness (QED) is 0.246. The average Bonchev–Trinajstić information content (AvgIpc) is 3.88. The molecular formula is C49H54ClN7O5. The number of nitrogens with one attached hydrogen (secondary N) is 1. The number of halogens is 1. The van der Waals surface area contributed by atoms with Crippen molar-refractivity contribution in [1.82, 2.24) is 34.5 Å². The van der Waals surface area contributed by atoms with E-state index in [-0.39, 0.29) is 40.5 Å². The number of fused-ring (bicyclic) bond motifs is 11. The summed E-state index contributed by atoms with van der Waals surface area (Å²) in [5.41, 5.74) is 7.11. The molecule has 7 aliphatic heterocycles. The highest BCUT2D eigenvalue weighted by Gasteiger charge is 2.49. The Morgan fingerprint density at radius 3 is 2.42 bits per heavy atom. The molecule has 62 heavy (non-hydrogen) atoms. The molecule has 0 unspecified atom stereocenters. The van der Waals surface area contributed by atoms with E-state index in [9.17, 15) is 19.2 Å². The van der Waals surface area contributed by atoms with Gasteiger partial charge in [0.1, 0.15) is 17.6 Å². The number of hydrogen-bond donors (Lipinski definition) is 1. The molecule has 13 heteroatoms. The molecule has 8 heterocycles. The molecule has 2 spiro atoms. The summed E-state index contributed by atoms with van der Waals surface area (Å²) in [7, 11) is 0. The standard InChI is InChI=1S/C49H54ClN7O5/c50-37-5-4-6-39-42(37)45(60)52-47-49(15-2-1-3-16-49)36-25-31(7-10-38(36)57(39)47)30-13-19-55(20-14-30)32-26-54(27-32)24-23-53-21-17-48(18-22-53)29-62-43-34-28-56(40-11-12-41(58)51-44(40)59)46(61)33(34)8-9-35(43)48/h4-10,25,30,32,40H,1-3,11-24,26-29H2,(H,51,58,59)/t40-/m0/s1. The number of carbonyl (C=O) groups excluding carboxylic acids is 3. The predicted octanol–water partition coefficient (Wildman–Crippen LogP) is 5.65. The van der Waals surface area contributed by atoms with E-state index >= 15 is 0 Å². The Bertz CT molecular complexity index is 2600. The number of ether oxygens (including phenoxy) is 1. The summed E-state index contributed by atoms with van der Waals surface area (Å²) in [6.45, 7) is 9.78. The lowest BCUT2D eigenvalue weighted by Gasteiger charge is -2.48. The van der Waals surface area contributed by atoms with Gasteiger partial charge in [0.15, 0.2) is 0 Å². The van der Waals surface area contributed by atoms with Crippen molar-refractivity contribution in [3.8, 4) is 11.4 Å². The van der Waals surface area contributed by atoms with Gasteiger partial charge in [0.05, 0.1) is 40.2 Å². The van der Waals surface area contributed by atoms with Crippen LogP contribution in [0.1, 0.15) is 115 Å². The number of piperidine rings is 3. The second-order valence-electron chi connectivity index (χ2n) is 19.6. The number of hydrogen-bond acceptors (Lipinski definition) is 9.